The molecule has 33 rings (SSSR count). The number of nitrogens with zero attached hydrogens (tertiary/aromatic N) is 3. The summed E-state index contributed by atoms with van der Waals surface area (Å²) in [5.41, 5.74) is 60.7. The van der Waals surface area contributed by atoms with Gasteiger partial charge in [-0.1, -0.05) is 437 Å². The maximum atomic E-state index is 2.50. The van der Waals surface area contributed by atoms with Gasteiger partial charge in [-0.25, -0.2) is 0 Å². The lowest BCUT2D eigenvalue weighted by atomic mass is 9.73. The number of hydrogen-bond acceptors (Lipinski definition) is 3. The van der Waals surface area contributed by atoms with Gasteiger partial charge >= 0.3 is 0 Å². The Morgan fingerprint density at radius 3 is 0.664 bits per heavy atom. The van der Waals surface area contributed by atoms with Gasteiger partial charge in [0.05, 0.1) is 21.9 Å². The smallest absolute Gasteiger partial charge is 0.0738 e. The standard InChI is InChI=1S/C49H31N.2C47H29N/c1-3-11-32(12-4-1)34-21-25-36(26-22-34)50(37-27-23-35(24-28-37)33-13-5-2-6-14-33)38-29-30-40-42-17-10-19-44-43-18-9-16-41-39-15-7-8-20-45(39)49(47(41)43,48(42)44)46(40)31-38;1-2-11-30(12-3-1)31-23-25-33(26-24-31)48(44-22-8-14-32-13-4-5-15-35(32)44)34-27-28-37-39-18-10-20-41-40-19-9-17-38-36-16-6-7-21-42(36)47(45(38)40,46(39)41)43(37)29-34;1-2-10-30(11-3-1)32-20-23-34(24-21-32)48(35-25-22-31-12-4-5-13-33(31)28-35)36-26-27-38-40-16-9-18-42-41-17-8-15-39-37-14-6-7-19-43(37)47(45(39)41,46(40)42)44(38)29-36/h1-31H;2*1-29H. The van der Waals surface area contributed by atoms with E-state index in [1.165, 1.54) is 239 Å². The summed E-state index contributed by atoms with van der Waals surface area (Å²) in [6.45, 7) is 0. The minimum Gasteiger partial charge on any atom is -0.310 e. The van der Waals surface area contributed by atoms with E-state index in [4.69, 9.17) is 0 Å². The van der Waals surface area contributed by atoms with Crippen LogP contribution >= 0.6 is 0 Å². The van der Waals surface area contributed by atoms with Crippen LogP contribution < -0.4 is 14.7 Å². The molecular formula is C143H89N3. The van der Waals surface area contributed by atoms with E-state index in [9.17, 15) is 0 Å². The summed E-state index contributed by atoms with van der Waals surface area (Å²) in [4.78, 5) is 7.32. The van der Waals surface area contributed by atoms with Crippen LogP contribution in [-0.2, 0) is 16.2 Å². The minimum absolute atomic E-state index is 0.313. The van der Waals surface area contributed by atoms with Crippen molar-refractivity contribution in [2.24, 2.45) is 0 Å². The monoisotopic (exact) mass is 1850 g/mol. The highest BCUT2D eigenvalue weighted by Crippen LogP contribution is 2.74. The Labute approximate surface area is 848 Å². The van der Waals surface area contributed by atoms with Gasteiger partial charge in [-0.3, -0.25) is 0 Å². The van der Waals surface area contributed by atoms with Crippen LogP contribution in [0.5, 0.6) is 0 Å². The highest BCUT2D eigenvalue weighted by atomic mass is 15.2. The van der Waals surface area contributed by atoms with Crippen LogP contribution in [0.2, 0.25) is 0 Å². The summed E-state index contributed by atoms with van der Waals surface area (Å²) in [5, 5.41) is 4.94. The van der Waals surface area contributed by atoms with Gasteiger partial charge in [-0.15, -0.1) is 0 Å². The van der Waals surface area contributed by atoms with Crippen molar-refractivity contribution < 1.29 is 0 Å². The molecule has 0 heterocycles. The number of hydrogen-bond donors (Lipinski definition) is 0. The Kier molecular flexibility index (Phi) is 17.7. The molecule has 3 nitrogen and oxygen atoms in total. The Bertz CT molecular complexity index is 9400. The summed E-state index contributed by atoms with van der Waals surface area (Å²) in [7, 11) is 0. The zero-order valence-electron chi connectivity index (χ0n) is 79.7. The predicted octanol–water partition coefficient (Wildman–Crippen LogP) is 37.4. The number of anilines is 9. The van der Waals surface area contributed by atoms with Gasteiger partial charge in [0.15, 0.2) is 0 Å². The van der Waals surface area contributed by atoms with Crippen molar-refractivity contribution >= 4 is 72.7 Å². The average molecular weight is 1850 g/mol. The first kappa shape index (κ1) is 82.0. The first-order valence-electron chi connectivity index (χ1n) is 51.0. The molecule has 0 aliphatic heterocycles. The first-order valence-corrected chi connectivity index (χ1v) is 51.0. The molecular weight excluding hydrogens is 1760 g/mol. The molecule has 0 aromatic heterocycles. The number of fused-ring (bicyclic) bond motifs is 17. The van der Waals surface area contributed by atoms with Crippen LogP contribution in [0.15, 0.2) is 540 Å². The van der Waals surface area contributed by atoms with E-state index in [1.807, 2.05) is 0 Å². The van der Waals surface area contributed by atoms with Crippen LogP contribution in [-0.4, -0.2) is 0 Å². The minimum atomic E-state index is -0.320. The fourth-order valence-electron chi connectivity index (χ4n) is 27.4. The Morgan fingerprint density at radius 2 is 0.329 bits per heavy atom. The van der Waals surface area contributed by atoms with Crippen LogP contribution in [0.4, 0.5) is 51.2 Å². The Balaban J connectivity index is 0.0000000995. The van der Waals surface area contributed by atoms with Crippen molar-refractivity contribution in [1.82, 2.24) is 0 Å². The van der Waals surface area contributed by atoms with Gasteiger partial charge in [0.2, 0.25) is 0 Å². The molecule has 0 saturated heterocycles. The van der Waals surface area contributed by atoms with Crippen LogP contribution in [0.1, 0.15) is 66.8 Å². The van der Waals surface area contributed by atoms with Crippen molar-refractivity contribution in [3.05, 3.63) is 607 Å². The molecule has 0 saturated carbocycles. The third kappa shape index (κ3) is 11.5. The summed E-state index contributed by atoms with van der Waals surface area (Å²) >= 11 is 0. The van der Waals surface area contributed by atoms with E-state index >= 15 is 0 Å². The van der Waals surface area contributed by atoms with Crippen molar-refractivity contribution in [2.45, 2.75) is 16.2 Å². The zero-order chi connectivity index (χ0) is 95.6. The molecule has 9 aliphatic carbocycles. The van der Waals surface area contributed by atoms with E-state index in [1.54, 1.807) is 0 Å². The zero-order valence-corrected chi connectivity index (χ0v) is 79.7. The fraction of sp³-hybridized carbons (Fsp3) is 0.0210. The molecule has 146 heavy (non-hydrogen) atoms. The van der Waals surface area contributed by atoms with Crippen molar-refractivity contribution in [3.8, 4) is 145 Å². The third-order valence-electron chi connectivity index (χ3n) is 33.2. The fourth-order valence-corrected chi connectivity index (χ4v) is 27.4. The molecule has 676 valence electrons. The maximum Gasteiger partial charge on any atom is 0.0738 e. The van der Waals surface area contributed by atoms with Crippen LogP contribution in [0, 0.1) is 0 Å². The lowest BCUT2D eigenvalue weighted by Gasteiger charge is -2.31. The molecule has 0 bridgehead atoms. The topological polar surface area (TPSA) is 9.72 Å². The largest absolute Gasteiger partial charge is 0.310 e. The van der Waals surface area contributed by atoms with E-state index in [2.05, 4.69) is 555 Å². The molecule has 3 atom stereocenters. The van der Waals surface area contributed by atoms with Gasteiger partial charge in [-0.05, 0) is 331 Å². The molecule has 9 aliphatic rings. The van der Waals surface area contributed by atoms with Gasteiger partial charge in [0.1, 0.15) is 0 Å². The summed E-state index contributed by atoms with van der Waals surface area (Å²) < 4.78 is 0. The van der Waals surface area contributed by atoms with E-state index in [0.29, 0.717) is 0 Å². The first-order chi connectivity index (χ1) is 72.4. The molecule has 3 spiro atoms. The SMILES string of the molecule is c1ccc(-c2ccc(N(c3ccc(-c4ccccc4)cc3)c3ccc4c(c3)C35c6ccccc6-c6cccc(c63)-c3cccc-4c35)cc2)cc1.c1ccc(-c2ccc(N(c3ccc4c(c3)C35c6ccccc6-c6cccc(c63)-c3cccc-4c35)c3ccc4ccccc4c3)cc2)cc1.c1ccc(-c2ccc(N(c3ccc4c(c3)C35c6ccccc6-c6cccc(c63)-c3cccc-4c35)c3cccc4ccccc34)cc2)cc1. The second-order valence-corrected chi connectivity index (χ2v) is 40.1. The molecule has 0 N–H and O–H groups in total. The van der Waals surface area contributed by atoms with Crippen LogP contribution in [0.25, 0.3) is 166 Å². The summed E-state index contributed by atoms with van der Waals surface area (Å²) in [6, 6.07) is 200. The molecule has 0 fully saturated rings. The van der Waals surface area contributed by atoms with Crippen LogP contribution in [0.3, 0.4) is 0 Å². The molecule has 0 radical (unpaired) electrons. The van der Waals surface area contributed by atoms with Gasteiger partial charge < -0.3 is 14.7 Å². The molecule has 24 aromatic rings. The molecule has 3 unspecified atom stereocenters. The second kappa shape index (κ2) is 31.6. The Morgan fingerprint density at radius 1 is 0.116 bits per heavy atom. The lowest BCUT2D eigenvalue weighted by Crippen LogP contribution is -2.23. The molecule has 24 aromatic carbocycles. The quantitative estimate of drug-likeness (QED) is 0.114. The van der Waals surface area contributed by atoms with Crippen molar-refractivity contribution in [1.29, 1.82) is 0 Å². The average Bonchev–Trinajstić information content (AvgIpc) is 1.48. The van der Waals surface area contributed by atoms with Gasteiger partial charge in [0.25, 0.3) is 0 Å². The molecule has 0 amide bonds. The summed E-state index contributed by atoms with van der Waals surface area (Å²) in [6.07, 6.45) is 0. The van der Waals surface area contributed by atoms with Crippen molar-refractivity contribution in [3.63, 3.8) is 0 Å². The highest BCUT2D eigenvalue weighted by molar-refractivity contribution is 6.12. The normalized spacial score (nSPS) is 15.5. The second-order valence-electron chi connectivity index (χ2n) is 40.1. The van der Waals surface area contributed by atoms with Crippen molar-refractivity contribution in [2.75, 3.05) is 14.7 Å². The van der Waals surface area contributed by atoms with Gasteiger partial charge in [-0.2, -0.15) is 0 Å². The Hall–Kier alpha value is -18.8. The number of benzene rings is 24. The maximum absolute atomic E-state index is 2.50. The predicted molar refractivity (Wildman–Crippen MR) is 606 cm³/mol. The number of rotatable bonds is 13. The van der Waals surface area contributed by atoms with E-state index < -0.39 is 0 Å². The lowest BCUT2D eigenvalue weighted by molar-refractivity contribution is 0.818. The molecule has 3 heteroatoms. The van der Waals surface area contributed by atoms with E-state index in [-0.39, 0.29) is 16.2 Å². The summed E-state index contributed by atoms with van der Waals surface area (Å²) in [5.74, 6) is 0. The third-order valence-corrected chi connectivity index (χ3v) is 33.2. The van der Waals surface area contributed by atoms with Gasteiger partial charge in [0, 0.05) is 50.9 Å². The highest BCUT2D eigenvalue weighted by Gasteiger charge is 2.61. The van der Waals surface area contributed by atoms with E-state index in [0.717, 1.165) is 45.5 Å².